The molecular weight excluding hydrogens is 268 g/mol. The zero-order valence-corrected chi connectivity index (χ0v) is 12.0. The van der Waals surface area contributed by atoms with E-state index in [2.05, 4.69) is 0 Å². The second kappa shape index (κ2) is 6.89. The maximum atomic E-state index is 12.1. The Morgan fingerprint density at radius 3 is 2.67 bits per heavy atom. The van der Waals surface area contributed by atoms with Crippen molar-refractivity contribution in [3.05, 3.63) is 35.4 Å². The summed E-state index contributed by atoms with van der Waals surface area (Å²) in [5.74, 6) is -0.693. The highest BCUT2D eigenvalue weighted by Crippen LogP contribution is 2.16. The molecule has 5 heteroatoms. The number of hydrogen-bond acceptors (Lipinski definition) is 4. The van der Waals surface area contributed by atoms with Gasteiger partial charge in [0, 0.05) is 12.6 Å². The molecule has 0 spiro atoms. The molecule has 2 rings (SSSR count). The molecule has 21 heavy (non-hydrogen) atoms. The monoisotopic (exact) mass is 286 g/mol. The fourth-order valence-corrected chi connectivity index (χ4v) is 2.44. The molecule has 0 bridgehead atoms. The van der Waals surface area contributed by atoms with E-state index in [1.165, 1.54) is 12.1 Å². The lowest BCUT2D eigenvalue weighted by Gasteiger charge is -2.33. The number of piperidine rings is 1. The van der Waals surface area contributed by atoms with Crippen molar-refractivity contribution in [1.29, 1.82) is 5.26 Å². The second-order valence-corrected chi connectivity index (χ2v) is 5.20. The minimum atomic E-state index is -0.544. The van der Waals surface area contributed by atoms with Crippen LogP contribution in [-0.4, -0.2) is 36.0 Å². The van der Waals surface area contributed by atoms with Gasteiger partial charge in [-0.05, 0) is 50.5 Å². The molecule has 1 amide bonds. The van der Waals surface area contributed by atoms with Crippen LogP contribution in [0.3, 0.4) is 0 Å². The minimum absolute atomic E-state index is 0.149. The number of benzene rings is 1. The first-order chi connectivity index (χ1) is 10.1. The summed E-state index contributed by atoms with van der Waals surface area (Å²) in [5, 5.41) is 8.70. The molecule has 1 heterocycles. The van der Waals surface area contributed by atoms with Crippen molar-refractivity contribution >= 4 is 11.9 Å². The van der Waals surface area contributed by atoms with E-state index in [1.807, 2.05) is 13.0 Å². The Labute approximate surface area is 124 Å². The van der Waals surface area contributed by atoms with E-state index in [-0.39, 0.29) is 18.6 Å². The molecule has 0 saturated carbocycles. The van der Waals surface area contributed by atoms with Gasteiger partial charge in [0.15, 0.2) is 6.61 Å². The molecule has 1 aromatic carbocycles. The third-order valence-electron chi connectivity index (χ3n) is 3.70. The Bertz CT molecular complexity index is 560. The average molecular weight is 286 g/mol. The number of ether oxygens (including phenoxy) is 1. The van der Waals surface area contributed by atoms with E-state index >= 15 is 0 Å². The van der Waals surface area contributed by atoms with Crippen LogP contribution in [0.25, 0.3) is 0 Å². The van der Waals surface area contributed by atoms with Gasteiger partial charge in [-0.2, -0.15) is 5.26 Å². The quantitative estimate of drug-likeness (QED) is 0.798. The number of likely N-dealkylation sites (tertiary alicyclic amines) is 1. The Morgan fingerprint density at radius 1 is 1.33 bits per heavy atom. The minimum Gasteiger partial charge on any atom is -0.452 e. The Morgan fingerprint density at radius 2 is 2.05 bits per heavy atom. The van der Waals surface area contributed by atoms with Gasteiger partial charge in [-0.25, -0.2) is 4.79 Å². The van der Waals surface area contributed by atoms with Crippen LogP contribution in [0.4, 0.5) is 0 Å². The summed E-state index contributed by atoms with van der Waals surface area (Å²) in [6.45, 7) is 2.51. The Balaban J connectivity index is 1.88. The first-order valence-corrected chi connectivity index (χ1v) is 7.08. The SMILES string of the molecule is C[C@@H]1CCCCN1C(=O)COC(=O)c1ccc(C#N)cc1. The molecule has 1 aliphatic heterocycles. The molecule has 1 saturated heterocycles. The molecule has 0 aliphatic carbocycles. The summed E-state index contributed by atoms with van der Waals surface area (Å²) in [4.78, 5) is 25.7. The molecular formula is C16H18N2O3. The number of amides is 1. The van der Waals surface area contributed by atoms with E-state index in [1.54, 1.807) is 17.0 Å². The van der Waals surface area contributed by atoms with Gasteiger partial charge in [0.05, 0.1) is 17.2 Å². The standard InChI is InChI=1S/C16H18N2O3/c1-12-4-2-3-9-18(12)15(19)11-21-16(20)14-7-5-13(10-17)6-8-14/h5-8,12H,2-4,9,11H2,1H3/t12-/m1/s1. The number of hydrogen-bond donors (Lipinski definition) is 0. The maximum absolute atomic E-state index is 12.1. The van der Waals surface area contributed by atoms with Gasteiger partial charge < -0.3 is 9.64 Å². The maximum Gasteiger partial charge on any atom is 0.338 e. The molecule has 0 aromatic heterocycles. The van der Waals surface area contributed by atoms with Crippen molar-refractivity contribution in [2.45, 2.75) is 32.2 Å². The van der Waals surface area contributed by atoms with Gasteiger partial charge in [-0.1, -0.05) is 0 Å². The van der Waals surface area contributed by atoms with Crippen LogP contribution in [0.5, 0.6) is 0 Å². The van der Waals surface area contributed by atoms with Crippen LogP contribution in [0, 0.1) is 11.3 Å². The van der Waals surface area contributed by atoms with E-state index in [0.717, 1.165) is 25.8 Å². The van der Waals surface area contributed by atoms with Crippen molar-refractivity contribution in [2.75, 3.05) is 13.2 Å². The molecule has 0 unspecified atom stereocenters. The number of nitriles is 1. The van der Waals surface area contributed by atoms with Crippen LogP contribution in [0.2, 0.25) is 0 Å². The first kappa shape index (κ1) is 15.0. The normalized spacial score (nSPS) is 17.9. The fourth-order valence-electron chi connectivity index (χ4n) is 2.44. The van der Waals surface area contributed by atoms with Crippen LogP contribution < -0.4 is 0 Å². The fraction of sp³-hybridized carbons (Fsp3) is 0.438. The van der Waals surface area contributed by atoms with Gasteiger partial charge in [0.25, 0.3) is 5.91 Å². The highest BCUT2D eigenvalue weighted by Gasteiger charge is 2.24. The van der Waals surface area contributed by atoms with Gasteiger partial charge in [0.2, 0.25) is 0 Å². The lowest BCUT2D eigenvalue weighted by atomic mass is 10.0. The second-order valence-electron chi connectivity index (χ2n) is 5.20. The lowest BCUT2D eigenvalue weighted by molar-refractivity contribution is -0.137. The van der Waals surface area contributed by atoms with Gasteiger partial charge in [-0.3, -0.25) is 4.79 Å². The lowest BCUT2D eigenvalue weighted by Crippen LogP contribution is -2.44. The van der Waals surface area contributed by atoms with E-state index in [9.17, 15) is 9.59 Å². The molecule has 0 N–H and O–H groups in total. The van der Waals surface area contributed by atoms with Crippen molar-refractivity contribution in [2.24, 2.45) is 0 Å². The van der Waals surface area contributed by atoms with E-state index < -0.39 is 5.97 Å². The topological polar surface area (TPSA) is 70.4 Å². The number of carbonyl (C=O) groups excluding carboxylic acids is 2. The van der Waals surface area contributed by atoms with E-state index in [4.69, 9.17) is 10.00 Å². The summed E-state index contributed by atoms with van der Waals surface area (Å²) in [7, 11) is 0. The smallest absolute Gasteiger partial charge is 0.338 e. The van der Waals surface area contributed by atoms with Crippen LogP contribution >= 0.6 is 0 Å². The van der Waals surface area contributed by atoms with Gasteiger partial charge in [-0.15, -0.1) is 0 Å². The van der Waals surface area contributed by atoms with Crippen molar-refractivity contribution in [3.63, 3.8) is 0 Å². The molecule has 1 aromatic rings. The molecule has 1 aliphatic rings. The first-order valence-electron chi connectivity index (χ1n) is 7.08. The summed E-state index contributed by atoms with van der Waals surface area (Å²) < 4.78 is 5.05. The van der Waals surface area contributed by atoms with Crippen LogP contribution in [0.15, 0.2) is 24.3 Å². The number of esters is 1. The predicted molar refractivity (Wildman–Crippen MR) is 76.5 cm³/mol. The predicted octanol–water partition coefficient (Wildman–Crippen LogP) is 2.12. The Hall–Kier alpha value is -2.35. The van der Waals surface area contributed by atoms with E-state index in [0.29, 0.717) is 11.1 Å². The highest BCUT2D eigenvalue weighted by molar-refractivity contribution is 5.91. The van der Waals surface area contributed by atoms with Crippen LogP contribution in [-0.2, 0) is 9.53 Å². The summed E-state index contributed by atoms with van der Waals surface area (Å²) >= 11 is 0. The van der Waals surface area contributed by atoms with Crippen molar-refractivity contribution in [3.8, 4) is 6.07 Å². The highest BCUT2D eigenvalue weighted by atomic mass is 16.5. The third kappa shape index (κ3) is 3.82. The zero-order chi connectivity index (χ0) is 15.2. The van der Waals surface area contributed by atoms with Gasteiger partial charge >= 0.3 is 5.97 Å². The van der Waals surface area contributed by atoms with Crippen LogP contribution in [0.1, 0.15) is 42.1 Å². The molecule has 1 atom stereocenters. The molecule has 110 valence electrons. The molecule has 5 nitrogen and oxygen atoms in total. The number of rotatable bonds is 3. The third-order valence-corrected chi connectivity index (χ3v) is 3.70. The summed E-state index contributed by atoms with van der Waals surface area (Å²) in [6, 6.07) is 8.33. The largest absolute Gasteiger partial charge is 0.452 e. The summed E-state index contributed by atoms with van der Waals surface area (Å²) in [5.41, 5.74) is 0.818. The number of carbonyl (C=O) groups is 2. The summed E-state index contributed by atoms with van der Waals surface area (Å²) in [6.07, 6.45) is 3.13. The molecule has 0 radical (unpaired) electrons. The van der Waals surface area contributed by atoms with Crippen molar-refractivity contribution < 1.29 is 14.3 Å². The average Bonchev–Trinajstić information content (AvgIpc) is 2.52. The Kier molecular flexibility index (Phi) is 4.94. The zero-order valence-electron chi connectivity index (χ0n) is 12.0. The molecule has 1 fully saturated rings. The van der Waals surface area contributed by atoms with Crippen molar-refractivity contribution in [1.82, 2.24) is 4.90 Å². The van der Waals surface area contributed by atoms with Gasteiger partial charge in [0.1, 0.15) is 0 Å². The number of nitrogens with zero attached hydrogens (tertiary/aromatic N) is 2.